The van der Waals surface area contributed by atoms with E-state index < -0.39 is 5.91 Å². The van der Waals surface area contributed by atoms with Gasteiger partial charge in [-0.15, -0.1) is 0 Å². The average Bonchev–Trinajstić information content (AvgIpc) is 3.43. The van der Waals surface area contributed by atoms with E-state index in [4.69, 9.17) is 27.9 Å². The zero-order valence-electron chi connectivity index (χ0n) is 16.7. The van der Waals surface area contributed by atoms with E-state index in [-0.39, 0.29) is 17.4 Å². The highest BCUT2D eigenvalue weighted by Gasteiger charge is 2.19. The van der Waals surface area contributed by atoms with Gasteiger partial charge in [0.2, 0.25) is 11.8 Å². The van der Waals surface area contributed by atoms with Crippen LogP contribution in [-0.4, -0.2) is 45.4 Å². The minimum absolute atomic E-state index is 0.112. The molecule has 0 bridgehead atoms. The third kappa shape index (κ3) is 5.07. The van der Waals surface area contributed by atoms with Gasteiger partial charge in [-0.3, -0.25) is 9.48 Å². The third-order valence-electron chi connectivity index (χ3n) is 4.85. The molecular weight excluding hydrogens is 441 g/mol. The molecule has 1 aliphatic rings. The third-order valence-corrected chi connectivity index (χ3v) is 5.48. The number of amides is 1. The van der Waals surface area contributed by atoms with E-state index in [1.165, 1.54) is 19.7 Å². The molecule has 31 heavy (non-hydrogen) atoms. The number of ether oxygens (including phenoxy) is 1. The maximum atomic E-state index is 12.7. The summed E-state index contributed by atoms with van der Waals surface area (Å²) in [4.78, 5) is 21.2. The fourth-order valence-electron chi connectivity index (χ4n) is 3.33. The molecule has 3 heterocycles. The molecule has 0 spiro atoms. The number of methoxy groups -OCH3 is 1. The highest BCUT2D eigenvalue weighted by Crippen LogP contribution is 2.31. The lowest BCUT2D eigenvalue weighted by Gasteiger charge is -2.12. The van der Waals surface area contributed by atoms with Gasteiger partial charge in [-0.05, 0) is 31.5 Å². The molecular formula is C20H21Cl2N7O2. The van der Waals surface area contributed by atoms with Gasteiger partial charge in [0.25, 0.3) is 5.91 Å². The van der Waals surface area contributed by atoms with Crippen LogP contribution in [0.15, 0.2) is 36.8 Å². The fraction of sp³-hybridized carbons (Fsp3) is 0.300. The molecule has 11 heteroatoms. The highest BCUT2D eigenvalue weighted by molar-refractivity contribution is 6.40. The number of para-hydroxylation sites is 1. The summed E-state index contributed by atoms with van der Waals surface area (Å²) in [6, 6.07) is 5.39. The monoisotopic (exact) mass is 461 g/mol. The van der Waals surface area contributed by atoms with Crippen LogP contribution in [0.1, 0.15) is 23.2 Å². The number of carbonyl (C=O) groups is 1. The summed E-state index contributed by atoms with van der Waals surface area (Å²) in [5.41, 5.74) is 1.19. The Morgan fingerprint density at radius 2 is 2.13 bits per heavy atom. The average molecular weight is 462 g/mol. The van der Waals surface area contributed by atoms with Crippen molar-refractivity contribution in [3.8, 4) is 5.88 Å². The lowest BCUT2D eigenvalue weighted by Crippen LogP contribution is -2.26. The van der Waals surface area contributed by atoms with Crippen LogP contribution in [0, 0.1) is 0 Å². The van der Waals surface area contributed by atoms with Gasteiger partial charge in [0.1, 0.15) is 5.56 Å². The predicted molar refractivity (Wildman–Crippen MR) is 120 cm³/mol. The van der Waals surface area contributed by atoms with Gasteiger partial charge in [-0.25, -0.2) is 4.98 Å². The second-order valence-electron chi connectivity index (χ2n) is 7.04. The summed E-state index contributed by atoms with van der Waals surface area (Å²) in [7, 11) is 1.43. The van der Waals surface area contributed by atoms with Crippen LogP contribution in [-0.2, 0) is 6.54 Å². The maximum absolute atomic E-state index is 12.7. The van der Waals surface area contributed by atoms with Gasteiger partial charge < -0.3 is 20.7 Å². The van der Waals surface area contributed by atoms with Crippen LogP contribution in [0.3, 0.4) is 0 Å². The van der Waals surface area contributed by atoms with E-state index in [1.807, 2.05) is 10.9 Å². The van der Waals surface area contributed by atoms with E-state index in [0.717, 1.165) is 25.2 Å². The van der Waals surface area contributed by atoms with Crippen molar-refractivity contribution >= 4 is 46.4 Å². The van der Waals surface area contributed by atoms with Gasteiger partial charge in [0.15, 0.2) is 0 Å². The van der Waals surface area contributed by atoms with E-state index in [9.17, 15) is 4.79 Å². The Bertz CT molecular complexity index is 1060. The molecule has 162 valence electrons. The predicted octanol–water partition coefficient (Wildman–Crippen LogP) is 3.74. The first-order valence-corrected chi connectivity index (χ1v) is 10.5. The summed E-state index contributed by atoms with van der Waals surface area (Å²) in [5.74, 6) is -0.0984. The van der Waals surface area contributed by atoms with Crippen LogP contribution in [0.25, 0.3) is 0 Å². The number of hydrogen-bond donors (Lipinski definition) is 3. The van der Waals surface area contributed by atoms with Crippen LogP contribution in [0.4, 0.5) is 17.3 Å². The number of nitrogens with one attached hydrogen (secondary N) is 3. The molecule has 1 aliphatic heterocycles. The quantitative estimate of drug-likeness (QED) is 0.491. The first-order valence-electron chi connectivity index (χ1n) is 9.72. The van der Waals surface area contributed by atoms with Crippen molar-refractivity contribution in [1.29, 1.82) is 0 Å². The Kier molecular flexibility index (Phi) is 6.55. The van der Waals surface area contributed by atoms with E-state index >= 15 is 0 Å². The Hall–Kier alpha value is -2.88. The first-order chi connectivity index (χ1) is 15.0. The fourth-order valence-corrected chi connectivity index (χ4v) is 3.82. The normalized spacial score (nSPS) is 15.6. The lowest BCUT2D eigenvalue weighted by atomic mass is 10.2. The molecule has 3 N–H and O–H groups in total. The molecule has 0 radical (unpaired) electrons. The van der Waals surface area contributed by atoms with Crippen molar-refractivity contribution in [2.45, 2.75) is 25.4 Å². The number of aromatic nitrogens is 4. The number of rotatable bonds is 7. The molecule has 1 atom stereocenters. The topological polar surface area (TPSA) is 106 Å². The molecule has 1 aromatic carbocycles. The van der Waals surface area contributed by atoms with Crippen molar-refractivity contribution in [3.05, 3.63) is 52.4 Å². The van der Waals surface area contributed by atoms with E-state index in [2.05, 4.69) is 31.0 Å². The Labute approximate surface area is 189 Å². The summed E-state index contributed by atoms with van der Waals surface area (Å²) in [5, 5.41) is 14.2. The lowest BCUT2D eigenvalue weighted by molar-refractivity contribution is 0.102. The molecule has 0 saturated carbocycles. The van der Waals surface area contributed by atoms with E-state index in [0.29, 0.717) is 21.8 Å². The summed E-state index contributed by atoms with van der Waals surface area (Å²) in [6.07, 6.45) is 7.29. The van der Waals surface area contributed by atoms with Gasteiger partial charge in [-0.2, -0.15) is 10.1 Å². The Morgan fingerprint density at radius 3 is 2.84 bits per heavy atom. The molecule has 1 fully saturated rings. The highest BCUT2D eigenvalue weighted by atomic mass is 35.5. The SMILES string of the molecule is COc1nc(Nc2cnn(C[C@@H]3CCCN3)c2)ncc1C(=O)Nc1c(Cl)cccc1Cl. The standard InChI is InChI=1S/C20H21Cl2N7O2/c1-31-19-14(18(30)27-17-15(21)5-2-6-16(17)22)9-24-20(28-19)26-13-8-25-29(11-13)10-12-4-3-7-23-12/h2,5-6,8-9,11-12,23H,3-4,7,10H2,1H3,(H,27,30)(H,24,26,28)/t12-/m0/s1. The zero-order chi connectivity index (χ0) is 21.8. The molecule has 3 aromatic rings. The number of nitrogens with zero attached hydrogens (tertiary/aromatic N) is 4. The van der Waals surface area contributed by atoms with Crippen molar-refractivity contribution < 1.29 is 9.53 Å². The minimum atomic E-state index is -0.490. The molecule has 9 nitrogen and oxygen atoms in total. The van der Waals surface area contributed by atoms with Crippen molar-refractivity contribution in [3.63, 3.8) is 0 Å². The van der Waals surface area contributed by atoms with E-state index in [1.54, 1.807) is 24.4 Å². The molecule has 1 saturated heterocycles. The van der Waals surface area contributed by atoms with Crippen LogP contribution in [0.2, 0.25) is 10.0 Å². The van der Waals surface area contributed by atoms with Gasteiger partial charge in [-0.1, -0.05) is 29.3 Å². The van der Waals surface area contributed by atoms with Crippen LogP contribution < -0.4 is 20.7 Å². The summed E-state index contributed by atoms with van der Waals surface area (Å²) < 4.78 is 7.16. The first kappa shape index (κ1) is 21.4. The van der Waals surface area contributed by atoms with Crippen LogP contribution in [0.5, 0.6) is 5.88 Å². The second kappa shape index (κ2) is 9.51. The zero-order valence-corrected chi connectivity index (χ0v) is 18.2. The number of halogens is 2. The number of benzene rings is 1. The maximum Gasteiger partial charge on any atom is 0.262 e. The minimum Gasteiger partial charge on any atom is -0.480 e. The summed E-state index contributed by atoms with van der Waals surface area (Å²) >= 11 is 12.2. The Morgan fingerprint density at radius 1 is 1.32 bits per heavy atom. The smallest absolute Gasteiger partial charge is 0.262 e. The summed E-state index contributed by atoms with van der Waals surface area (Å²) in [6.45, 7) is 1.85. The van der Waals surface area contributed by atoms with Gasteiger partial charge >= 0.3 is 0 Å². The number of anilines is 3. The number of hydrogen-bond acceptors (Lipinski definition) is 7. The molecule has 2 aromatic heterocycles. The molecule has 0 unspecified atom stereocenters. The molecule has 1 amide bonds. The molecule has 4 rings (SSSR count). The van der Waals surface area contributed by atoms with Gasteiger partial charge in [0, 0.05) is 18.4 Å². The van der Waals surface area contributed by atoms with Crippen molar-refractivity contribution in [1.82, 2.24) is 25.1 Å². The number of carbonyl (C=O) groups excluding carboxylic acids is 1. The van der Waals surface area contributed by atoms with Gasteiger partial charge in [0.05, 0.1) is 41.3 Å². The second-order valence-corrected chi connectivity index (χ2v) is 7.85. The largest absolute Gasteiger partial charge is 0.480 e. The Balaban J connectivity index is 1.46. The molecule has 0 aliphatic carbocycles. The van der Waals surface area contributed by atoms with Crippen LogP contribution >= 0.6 is 23.2 Å². The van der Waals surface area contributed by atoms with Crippen molar-refractivity contribution in [2.24, 2.45) is 0 Å². The van der Waals surface area contributed by atoms with Crippen molar-refractivity contribution in [2.75, 3.05) is 24.3 Å².